The molecule has 2 aromatic heterocycles. The van der Waals surface area contributed by atoms with E-state index in [9.17, 15) is 0 Å². The Morgan fingerprint density at radius 3 is 2.79 bits per heavy atom. The van der Waals surface area contributed by atoms with E-state index in [-0.39, 0.29) is 5.41 Å². The molecule has 2 heterocycles. The largest absolute Gasteiger partial charge is 0.339 e. The molecule has 0 atom stereocenters. The van der Waals surface area contributed by atoms with E-state index in [4.69, 9.17) is 4.52 Å². The van der Waals surface area contributed by atoms with E-state index in [1.54, 1.807) is 11.8 Å². The smallest absolute Gasteiger partial charge is 0.232 e. The van der Waals surface area contributed by atoms with Crippen LogP contribution in [0, 0.1) is 0 Å². The fourth-order valence-electron chi connectivity index (χ4n) is 1.58. The summed E-state index contributed by atoms with van der Waals surface area (Å²) in [6.45, 7) is 6.14. The highest BCUT2D eigenvalue weighted by molar-refractivity contribution is 7.98. The Bertz CT molecular complexity index is 568. The maximum atomic E-state index is 5.26. The SMILES string of the molecule is CC(C)(C)c1nc(CSc2nnnn2C2CC2)no1. The van der Waals surface area contributed by atoms with E-state index in [2.05, 4.69) is 25.7 Å². The fraction of sp³-hybridized carbons (Fsp3) is 0.727. The average Bonchev–Trinajstić information content (AvgIpc) is 2.91. The van der Waals surface area contributed by atoms with Gasteiger partial charge in [-0.15, -0.1) is 5.10 Å². The molecule has 2 aromatic rings. The molecule has 19 heavy (non-hydrogen) atoms. The molecule has 0 unspecified atom stereocenters. The van der Waals surface area contributed by atoms with Crippen molar-refractivity contribution in [1.82, 2.24) is 30.3 Å². The number of aromatic nitrogens is 6. The van der Waals surface area contributed by atoms with E-state index in [1.807, 2.05) is 25.5 Å². The van der Waals surface area contributed by atoms with E-state index in [1.165, 1.54) is 0 Å². The van der Waals surface area contributed by atoms with Crippen LogP contribution in [-0.4, -0.2) is 30.3 Å². The van der Waals surface area contributed by atoms with Crippen molar-refractivity contribution < 1.29 is 4.52 Å². The Hall–Kier alpha value is -1.44. The molecule has 1 fully saturated rings. The molecule has 0 bridgehead atoms. The van der Waals surface area contributed by atoms with Gasteiger partial charge in [-0.05, 0) is 23.3 Å². The van der Waals surface area contributed by atoms with Crippen LogP contribution in [0.5, 0.6) is 0 Å². The molecule has 0 saturated heterocycles. The normalized spacial score (nSPS) is 15.9. The highest BCUT2D eigenvalue weighted by Gasteiger charge is 2.28. The number of rotatable bonds is 4. The zero-order chi connectivity index (χ0) is 13.5. The molecular weight excluding hydrogens is 264 g/mol. The molecule has 1 saturated carbocycles. The summed E-state index contributed by atoms with van der Waals surface area (Å²) >= 11 is 1.54. The molecule has 0 spiro atoms. The van der Waals surface area contributed by atoms with Gasteiger partial charge in [0.25, 0.3) is 0 Å². The number of thioether (sulfide) groups is 1. The second kappa shape index (κ2) is 4.59. The Morgan fingerprint density at radius 2 is 2.16 bits per heavy atom. The van der Waals surface area contributed by atoms with Gasteiger partial charge in [-0.3, -0.25) is 0 Å². The molecule has 3 rings (SSSR count). The van der Waals surface area contributed by atoms with Gasteiger partial charge in [0.2, 0.25) is 11.0 Å². The lowest BCUT2D eigenvalue weighted by molar-refractivity contribution is 0.319. The van der Waals surface area contributed by atoms with Crippen molar-refractivity contribution in [3.8, 4) is 0 Å². The first kappa shape index (κ1) is 12.6. The van der Waals surface area contributed by atoms with Gasteiger partial charge in [-0.1, -0.05) is 37.7 Å². The van der Waals surface area contributed by atoms with Gasteiger partial charge >= 0.3 is 0 Å². The van der Waals surface area contributed by atoms with Crippen LogP contribution in [0.25, 0.3) is 0 Å². The fourth-order valence-corrected chi connectivity index (χ4v) is 2.36. The van der Waals surface area contributed by atoms with Crippen LogP contribution in [0.15, 0.2) is 9.68 Å². The van der Waals surface area contributed by atoms with Crippen LogP contribution in [-0.2, 0) is 11.2 Å². The average molecular weight is 280 g/mol. The third-order valence-corrected chi connectivity index (χ3v) is 3.72. The van der Waals surface area contributed by atoms with Crippen molar-refractivity contribution in [2.75, 3.05) is 0 Å². The summed E-state index contributed by atoms with van der Waals surface area (Å²) < 4.78 is 7.14. The van der Waals surface area contributed by atoms with Crippen LogP contribution in [0.1, 0.15) is 51.4 Å². The minimum Gasteiger partial charge on any atom is -0.339 e. The van der Waals surface area contributed by atoms with Gasteiger partial charge in [0.15, 0.2) is 5.82 Å². The topological polar surface area (TPSA) is 82.5 Å². The van der Waals surface area contributed by atoms with Crippen molar-refractivity contribution in [3.05, 3.63) is 11.7 Å². The minimum absolute atomic E-state index is 0.120. The lowest BCUT2D eigenvalue weighted by Gasteiger charge is -2.10. The molecule has 7 nitrogen and oxygen atoms in total. The summed E-state index contributed by atoms with van der Waals surface area (Å²) in [5.41, 5.74) is -0.120. The van der Waals surface area contributed by atoms with Crippen LogP contribution in [0.3, 0.4) is 0 Å². The minimum atomic E-state index is -0.120. The molecule has 0 aromatic carbocycles. The molecule has 8 heteroatoms. The number of tetrazole rings is 1. The summed E-state index contributed by atoms with van der Waals surface area (Å²) in [7, 11) is 0. The Morgan fingerprint density at radius 1 is 1.37 bits per heavy atom. The van der Waals surface area contributed by atoms with E-state index >= 15 is 0 Å². The zero-order valence-electron chi connectivity index (χ0n) is 11.2. The van der Waals surface area contributed by atoms with E-state index in [0.29, 0.717) is 23.5 Å². The zero-order valence-corrected chi connectivity index (χ0v) is 12.0. The van der Waals surface area contributed by atoms with Gasteiger partial charge in [0.05, 0.1) is 11.8 Å². The lowest BCUT2D eigenvalue weighted by Crippen LogP contribution is -2.11. The summed E-state index contributed by atoms with van der Waals surface area (Å²) in [5.74, 6) is 1.96. The quantitative estimate of drug-likeness (QED) is 0.792. The molecule has 0 aliphatic heterocycles. The van der Waals surface area contributed by atoms with E-state index < -0.39 is 0 Å². The third kappa shape index (κ3) is 2.78. The number of hydrogen-bond acceptors (Lipinski definition) is 7. The van der Waals surface area contributed by atoms with Crippen molar-refractivity contribution in [1.29, 1.82) is 0 Å². The molecule has 0 N–H and O–H groups in total. The first-order valence-corrected chi connectivity index (χ1v) is 7.26. The monoisotopic (exact) mass is 280 g/mol. The predicted molar refractivity (Wildman–Crippen MR) is 68.6 cm³/mol. The first-order chi connectivity index (χ1) is 9.04. The maximum Gasteiger partial charge on any atom is 0.232 e. The Labute approximate surface area is 115 Å². The van der Waals surface area contributed by atoms with Crippen LogP contribution in [0.2, 0.25) is 0 Å². The molecule has 1 aliphatic carbocycles. The van der Waals surface area contributed by atoms with Crippen molar-refractivity contribution in [2.45, 2.75) is 56.0 Å². The molecule has 102 valence electrons. The van der Waals surface area contributed by atoms with E-state index in [0.717, 1.165) is 18.0 Å². The molecule has 1 aliphatic rings. The van der Waals surface area contributed by atoms with Crippen LogP contribution < -0.4 is 0 Å². The van der Waals surface area contributed by atoms with Gasteiger partial charge in [0, 0.05) is 5.41 Å². The highest BCUT2D eigenvalue weighted by Crippen LogP contribution is 2.36. The lowest BCUT2D eigenvalue weighted by atomic mass is 9.97. The molecular formula is C11H16N6OS. The van der Waals surface area contributed by atoms with Gasteiger partial charge < -0.3 is 4.52 Å². The maximum absolute atomic E-state index is 5.26. The van der Waals surface area contributed by atoms with Crippen molar-refractivity contribution in [3.63, 3.8) is 0 Å². The third-order valence-electron chi connectivity index (χ3n) is 2.80. The molecule has 0 amide bonds. The standard InChI is InChI=1S/C11H16N6OS/c1-11(2,3)9-12-8(14-18-9)6-19-10-13-15-16-17(10)7-4-5-7/h7H,4-6H2,1-3H3. The van der Waals surface area contributed by atoms with Crippen LogP contribution in [0.4, 0.5) is 0 Å². The summed E-state index contributed by atoms with van der Waals surface area (Å²) in [4.78, 5) is 4.39. The predicted octanol–water partition coefficient (Wildman–Crippen LogP) is 1.98. The number of nitrogens with zero attached hydrogens (tertiary/aromatic N) is 6. The Balaban J connectivity index is 1.65. The van der Waals surface area contributed by atoms with Crippen LogP contribution >= 0.6 is 11.8 Å². The second-order valence-electron chi connectivity index (χ2n) is 5.69. The van der Waals surface area contributed by atoms with Crippen molar-refractivity contribution >= 4 is 11.8 Å². The Kier molecular flexibility index (Phi) is 3.04. The first-order valence-electron chi connectivity index (χ1n) is 6.28. The summed E-state index contributed by atoms with van der Waals surface area (Å²) in [6, 6.07) is 0.480. The molecule has 0 radical (unpaired) electrons. The summed E-state index contributed by atoms with van der Waals surface area (Å²) in [5, 5.41) is 16.6. The van der Waals surface area contributed by atoms with Gasteiger partial charge in [-0.2, -0.15) is 4.98 Å². The second-order valence-corrected chi connectivity index (χ2v) is 6.63. The van der Waals surface area contributed by atoms with Crippen molar-refractivity contribution in [2.24, 2.45) is 0 Å². The highest BCUT2D eigenvalue weighted by atomic mass is 32.2. The summed E-state index contributed by atoms with van der Waals surface area (Å²) in [6.07, 6.45) is 2.32. The van der Waals surface area contributed by atoms with Gasteiger partial charge in [-0.25, -0.2) is 4.68 Å². The number of hydrogen-bond donors (Lipinski definition) is 0. The van der Waals surface area contributed by atoms with Gasteiger partial charge in [0.1, 0.15) is 0 Å².